The summed E-state index contributed by atoms with van der Waals surface area (Å²) in [5.74, 6) is 0. The van der Waals surface area contributed by atoms with E-state index in [2.05, 4.69) is 276 Å². The molecule has 0 N–H and O–H groups in total. The van der Waals surface area contributed by atoms with Gasteiger partial charge >= 0.3 is 0 Å². The summed E-state index contributed by atoms with van der Waals surface area (Å²) < 4.78 is 2.49. The minimum atomic E-state index is -0.488. The van der Waals surface area contributed by atoms with Crippen molar-refractivity contribution < 1.29 is 0 Å². The van der Waals surface area contributed by atoms with E-state index in [9.17, 15) is 0 Å². The highest BCUT2D eigenvalue weighted by atomic mass is 15.1. The van der Waals surface area contributed by atoms with E-state index in [1.165, 1.54) is 82.7 Å². The molecule has 0 fully saturated rings. The van der Waals surface area contributed by atoms with E-state index in [1.54, 1.807) is 0 Å². The molecule has 13 rings (SSSR count). The van der Waals surface area contributed by atoms with E-state index in [0.717, 1.165) is 28.3 Å². The van der Waals surface area contributed by atoms with Crippen molar-refractivity contribution in [1.29, 1.82) is 0 Å². The van der Waals surface area contributed by atoms with Gasteiger partial charge in [-0.25, -0.2) is 0 Å². The fourth-order valence-corrected chi connectivity index (χ4v) is 11.1. The lowest BCUT2D eigenvalue weighted by Crippen LogP contribution is -2.28. The minimum absolute atomic E-state index is 0.488. The molecule has 0 spiro atoms. The molecule has 2 nitrogen and oxygen atoms in total. The average molecular weight is 853 g/mol. The SMILES string of the molecule is c1ccc(-c2ccc(-n3c4ccc(-c5ccccc5)cc4c4c(N(c5ccccc5)c5ccc(C6(c7ccccc7)c7ccccc7-c7ccccc76)cc5)cc5ccccc5c43)cc2)cc1. The van der Waals surface area contributed by atoms with Crippen LogP contribution in [0.5, 0.6) is 0 Å². The van der Waals surface area contributed by atoms with Gasteiger partial charge in [-0.05, 0) is 116 Å². The van der Waals surface area contributed by atoms with Crippen molar-refractivity contribution in [1.82, 2.24) is 4.57 Å². The Morgan fingerprint density at radius 2 is 0.836 bits per heavy atom. The lowest BCUT2D eigenvalue weighted by Gasteiger charge is -2.34. The Bertz CT molecular complexity index is 3720. The number of anilines is 3. The Morgan fingerprint density at radius 3 is 1.49 bits per heavy atom. The molecule has 0 aliphatic heterocycles. The van der Waals surface area contributed by atoms with Crippen molar-refractivity contribution in [2.45, 2.75) is 5.41 Å². The van der Waals surface area contributed by atoms with Crippen LogP contribution in [-0.2, 0) is 5.41 Å². The lowest BCUT2D eigenvalue weighted by atomic mass is 9.68. The molecule has 1 aliphatic carbocycles. The maximum absolute atomic E-state index is 2.49. The van der Waals surface area contributed by atoms with Gasteiger partial charge in [0.2, 0.25) is 0 Å². The molecule has 2 heteroatoms. The molecule has 0 radical (unpaired) electrons. The maximum atomic E-state index is 2.49. The summed E-state index contributed by atoms with van der Waals surface area (Å²) in [6, 6.07) is 98.1. The largest absolute Gasteiger partial charge is 0.310 e. The van der Waals surface area contributed by atoms with Gasteiger partial charge in [-0.1, -0.05) is 212 Å². The van der Waals surface area contributed by atoms with Crippen LogP contribution in [0.4, 0.5) is 17.1 Å². The molecule has 0 amide bonds. The van der Waals surface area contributed by atoms with Gasteiger partial charge in [0.05, 0.1) is 22.1 Å². The highest BCUT2D eigenvalue weighted by Crippen LogP contribution is 2.56. The van der Waals surface area contributed by atoms with Gasteiger partial charge in [0.25, 0.3) is 0 Å². The van der Waals surface area contributed by atoms with Crippen molar-refractivity contribution in [3.05, 3.63) is 289 Å². The second-order valence-corrected chi connectivity index (χ2v) is 17.6. The topological polar surface area (TPSA) is 8.17 Å². The number of para-hydroxylation sites is 1. The highest BCUT2D eigenvalue weighted by Gasteiger charge is 2.45. The molecule has 1 aromatic heterocycles. The van der Waals surface area contributed by atoms with Gasteiger partial charge in [0, 0.05) is 33.2 Å². The number of nitrogens with zero attached hydrogens (tertiary/aromatic N) is 2. The Labute approximate surface area is 390 Å². The molecule has 0 saturated heterocycles. The zero-order chi connectivity index (χ0) is 44.3. The van der Waals surface area contributed by atoms with Gasteiger partial charge in [0.1, 0.15) is 0 Å². The van der Waals surface area contributed by atoms with Crippen molar-refractivity contribution in [3.8, 4) is 39.1 Å². The number of benzene rings is 11. The predicted octanol–water partition coefficient (Wildman–Crippen LogP) is 17.1. The van der Waals surface area contributed by atoms with E-state index in [0.29, 0.717) is 0 Å². The predicted molar refractivity (Wildman–Crippen MR) is 281 cm³/mol. The summed E-state index contributed by atoms with van der Waals surface area (Å²) in [6.07, 6.45) is 0. The standard InChI is InChI=1S/C65H44N2/c1-5-19-45(20-6-1)47-33-38-54(39-34-47)67-61-42-35-48(46-21-7-2-8-22-46)43-58(61)63-62(44-49-23-13-14-28-55(49)64(63)67)66(52-26-11-4-12-27-52)53-40-36-51(37-41-53)65(50-24-9-3-10-25-50)59-31-17-15-29-56(59)57-30-16-18-32-60(57)65/h1-44H. The third kappa shape index (κ3) is 6.11. The van der Waals surface area contributed by atoms with Crippen LogP contribution in [0.25, 0.3) is 71.6 Å². The number of rotatable bonds is 8. The van der Waals surface area contributed by atoms with Crippen molar-refractivity contribution in [2.24, 2.45) is 0 Å². The monoisotopic (exact) mass is 852 g/mol. The second kappa shape index (κ2) is 15.8. The number of hydrogen-bond acceptors (Lipinski definition) is 1. The molecule has 314 valence electrons. The Kier molecular flexibility index (Phi) is 9.11. The van der Waals surface area contributed by atoms with E-state index >= 15 is 0 Å². The van der Waals surface area contributed by atoms with Crippen molar-refractivity contribution in [3.63, 3.8) is 0 Å². The van der Waals surface area contributed by atoms with Crippen LogP contribution in [0.1, 0.15) is 22.3 Å². The Hall–Kier alpha value is -8.72. The highest BCUT2D eigenvalue weighted by molar-refractivity contribution is 6.25. The van der Waals surface area contributed by atoms with E-state index in [4.69, 9.17) is 0 Å². The smallest absolute Gasteiger partial charge is 0.0713 e. The molecule has 12 aromatic rings. The molecule has 0 bridgehead atoms. The van der Waals surface area contributed by atoms with Gasteiger partial charge < -0.3 is 9.47 Å². The zero-order valence-corrected chi connectivity index (χ0v) is 36.8. The summed E-state index contributed by atoms with van der Waals surface area (Å²) >= 11 is 0. The third-order valence-electron chi connectivity index (χ3n) is 14.0. The van der Waals surface area contributed by atoms with Crippen LogP contribution in [0, 0.1) is 0 Å². The summed E-state index contributed by atoms with van der Waals surface area (Å²) in [4.78, 5) is 2.47. The quantitative estimate of drug-likeness (QED) is 0.148. The number of aromatic nitrogens is 1. The summed E-state index contributed by atoms with van der Waals surface area (Å²) in [7, 11) is 0. The van der Waals surface area contributed by atoms with Gasteiger partial charge in [0.15, 0.2) is 0 Å². The molecule has 67 heavy (non-hydrogen) atoms. The van der Waals surface area contributed by atoms with Gasteiger partial charge in [-0.3, -0.25) is 0 Å². The first-order chi connectivity index (χ1) is 33.3. The van der Waals surface area contributed by atoms with Crippen LogP contribution in [0.2, 0.25) is 0 Å². The van der Waals surface area contributed by atoms with Crippen LogP contribution in [0.3, 0.4) is 0 Å². The first-order valence-corrected chi connectivity index (χ1v) is 23.2. The lowest BCUT2D eigenvalue weighted by molar-refractivity contribution is 0.768. The molecular formula is C65H44N2. The molecule has 0 atom stereocenters. The summed E-state index contributed by atoms with van der Waals surface area (Å²) in [5.41, 5.74) is 18.7. The zero-order valence-electron chi connectivity index (χ0n) is 36.8. The van der Waals surface area contributed by atoms with Crippen LogP contribution < -0.4 is 4.90 Å². The summed E-state index contributed by atoms with van der Waals surface area (Å²) in [5, 5.41) is 4.78. The molecule has 0 saturated carbocycles. The number of fused-ring (bicyclic) bond motifs is 8. The van der Waals surface area contributed by atoms with Crippen molar-refractivity contribution in [2.75, 3.05) is 4.90 Å². The second-order valence-electron chi connectivity index (χ2n) is 17.6. The summed E-state index contributed by atoms with van der Waals surface area (Å²) in [6.45, 7) is 0. The molecule has 0 unspecified atom stereocenters. The molecule has 1 heterocycles. The Balaban J connectivity index is 1.08. The van der Waals surface area contributed by atoms with Crippen LogP contribution >= 0.6 is 0 Å². The normalized spacial score (nSPS) is 12.6. The maximum Gasteiger partial charge on any atom is 0.0713 e. The van der Waals surface area contributed by atoms with E-state index < -0.39 is 5.41 Å². The first kappa shape index (κ1) is 38.7. The van der Waals surface area contributed by atoms with Crippen molar-refractivity contribution >= 4 is 49.6 Å². The van der Waals surface area contributed by atoms with Crippen LogP contribution in [-0.4, -0.2) is 4.57 Å². The first-order valence-electron chi connectivity index (χ1n) is 23.2. The van der Waals surface area contributed by atoms with Gasteiger partial charge in [-0.2, -0.15) is 0 Å². The fourth-order valence-electron chi connectivity index (χ4n) is 11.1. The van der Waals surface area contributed by atoms with Crippen LogP contribution in [0.15, 0.2) is 267 Å². The molecular weight excluding hydrogens is 809 g/mol. The van der Waals surface area contributed by atoms with E-state index in [-0.39, 0.29) is 0 Å². The van der Waals surface area contributed by atoms with E-state index in [1.807, 2.05) is 0 Å². The fraction of sp³-hybridized carbons (Fsp3) is 0.0154. The van der Waals surface area contributed by atoms with Gasteiger partial charge in [-0.15, -0.1) is 0 Å². The molecule has 1 aliphatic rings. The Morgan fingerprint density at radius 1 is 0.343 bits per heavy atom. The minimum Gasteiger partial charge on any atom is -0.310 e. The molecule has 11 aromatic carbocycles. The average Bonchev–Trinajstić information content (AvgIpc) is 3.91. The third-order valence-corrected chi connectivity index (χ3v) is 14.0. The number of hydrogen-bond donors (Lipinski definition) is 0.